The first-order valence-electron chi connectivity index (χ1n) is 9.26. The van der Waals surface area contributed by atoms with Gasteiger partial charge in [0.2, 0.25) is 0 Å². The molecule has 1 aliphatic rings. The van der Waals surface area contributed by atoms with Gasteiger partial charge in [0.15, 0.2) is 4.80 Å². The number of rotatable bonds is 3. The highest BCUT2D eigenvalue weighted by Gasteiger charge is 2.33. The van der Waals surface area contributed by atoms with Gasteiger partial charge in [0.25, 0.3) is 15.9 Å². The van der Waals surface area contributed by atoms with Crippen LogP contribution in [0.4, 0.5) is 0 Å². The van der Waals surface area contributed by atoms with Crippen molar-refractivity contribution in [1.82, 2.24) is 8.87 Å². The van der Waals surface area contributed by atoms with Crippen LogP contribution in [0.5, 0.6) is 0 Å². The van der Waals surface area contributed by atoms with Crippen LogP contribution < -0.4 is 4.80 Å². The molecule has 0 aliphatic carbocycles. The number of piperidine rings is 1. The molecule has 0 N–H and O–H groups in total. The van der Waals surface area contributed by atoms with Gasteiger partial charge in [-0.3, -0.25) is 4.79 Å². The molecule has 0 spiro atoms. The number of carbonyl (C=O) groups is 1. The van der Waals surface area contributed by atoms with E-state index < -0.39 is 10.0 Å². The van der Waals surface area contributed by atoms with E-state index in [9.17, 15) is 13.2 Å². The smallest absolute Gasteiger partial charge is 0.252 e. The summed E-state index contributed by atoms with van der Waals surface area (Å²) in [6.07, 6.45) is 0.889. The van der Waals surface area contributed by atoms with Crippen molar-refractivity contribution >= 4 is 72.0 Å². The SMILES string of the molecule is Cc1cc(Cl)cc2sc(=NC(=O)C3CCN(S(=O)(=O)c4ccc(Cl)s4)CC3)n(C)c12. The zero-order valence-electron chi connectivity index (χ0n) is 16.3. The van der Waals surface area contributed by atoms with E-state index in [-0.39, 0.29) is 29.1 Å². The molecule has 0 radical (unpaired) electrons. The number of hydrogen-bond donors (Lipinski definition) is 0. The Hall–Kier alpha value is -1.23. The molecule has 160 valence electrons. The molecule has 3 heterocycles. The predicted octanol–water partition coefficient (Wildman–Crippen LogP) is 4.44. The fraction of sp³-hybridized carbons (Fsp3) is 0.368. The number of carbonyl (C=O) groups excluding carboxylic acids is 1. The van der Waals surface area contributed by atoms with Crippen molar-refractivity contribution in [3.8, 4) is 0 Å². The van der Waals surface area contributed by atoms with Crippen molar-refractivity contribution in [3.05, 3.63) is 44.0 Å². The maximum atomic E-state index is 12.8. The number of halogens is 2. The number of hydrogen-bond acceptors (Lipinski definition) is 5. The minimum absolute atomic E-state index is 0.211. The first-order chi connectivity index (χ1) is 14.2. The Morgan fingerprint density at radius 3 is 2.50 bits per heavy atom. The maximum absolute atomic E-state index is 12.8. The summed E-state index contributed by atoms with van der Waals surface area (Å²) in [5.41, 5.74) is 2.03. The van der Waals surface area contributed by atoms with Gasteiger partial charge in [0.05, 0.1) is 14.6 Å². The molecule has 0 bridgehead atoms. The molecule has 0 atom stereocenters. The third kappa shape index (κ3) is 4.11. The van der Waals surface area contributed by atoms with E-state index in [0.29, 0.717) is 27.0 Å². The number of fused-ring (bicyclic) bond motifs is 1. The molecule has 1 aliphatic heterocycles. The van der Waals surface area contributed by atoms with Crippen LogP contribution in [-0.2, 0) is 21.9 Å². The van der Waals surface area contributed by atoms with Crippen molar-refractivity contribution in [1.29, 1.82) is 0 Å². The Kier molecular flexibility index (Phi) is 6.13. The van der Waals surface area contributed by atoms with Crippen LogP contribution in [0.2, 0.25) is 9.36 Å². The molecule has 30 heavy (non-hydrogen) atoms. The van der Waals surface area contributed by atoms with Crippen LogP contribution in [0.15, 0.2) is 33.5 Å². The Morgan fingerprint density at radius 2 is 1.87 bits per heavy atom. The van der Waals surface area contributed by atoms with Crippen molar-refractivity contribution in [2.75, 3.05) is 13.1 Å². The number of amides is 1. The molecule has 1 fully saturated rings. The summed E-state index contributed by atoms with van der Waals surface area (Å²) >= 11 is 14.5. The van der Waals surface area contributed by atoms with E-state index in [1.807, 2.05) is 30.7 Å². The van der Waals surface area contributed by atoms with Crippen LogP contribution in [0.1, 0.15) is 18.4 Å². The van der Waals surface area contributed by atoms with E-state index in [4.69, 9.17) is 23.2 Å². The number of benzene rings is 1. The largest absolute Gasteiger partial charge is 0.319 e. The summed E-state index contributed by atoms with van der Waals surface area (Å²) in [6, 6.07) is 6.86. The van der Waals surface area contributed by atoms with Gasteiger partial charge in [0, 0.05) is 31.1 Å². The quantitative estimate of drug-likeness (QED) is 0.530. The van der Waals surface area contributed by atoms with Crippen molar-refractivity contribution in [2.45, 2.75) is 24.0 Å². The van der Waals surface area contributed by atoms with Crippen LogP contribution in [0, 0.1) is 12.8 Å². The van der Waals surface area contributed by atoms with Crippen LogP contribution >= 0.6 is 45.9 Å². The molecule has 3 aromatic rings. The van der Waals surface area contributed by atoms with Gasteiger partial charge in [-0.1, -0.05) is 34.5 Å². The summed E-state index contributed by atoms with van der Waals surface area (Å²) in [5.74, 6) is -0.504. The number of nitrogens with zero attached hydrogens (tertiary/aromatic N) is 3. The molecule has 6 nitrogen and oxygen atoms in total. The maximum Gasteiger partial charge on any atom is 0.252 e. The first kappa shape index (κ1) is 22.0. The van der Waals surface area contributed by atoms with E-state index in [2.05, 4.69) is 4.99 Å². The summed E-state index contributed by atoms with van der Waals surface area (Å²) in [7, 11) is -1.69. The number of thiophene rings is 1. The Balaban J connectivity index is 1.52. The second-order valence-electron chi connectivity index (χ2n) is 7.20. The molecular formula is C19H19Cl2N3O3S3. The lowest BCUT2D eigenvalue weighted by Crippen LogP contribution is -2.40. The minimum atomic E-state index is -3.57. The van der Waals surface area contributed by atoms with Gasteiger partial charge in [0.1, 0.15) is 4.21 Å². The third-order valence-electron chi connectivity index (χ3n) is 5.21. The van der Waals surface area contributed by atoms with Crippen molar-refractivity contribution < 1.29 is 13.2 Å². The first-order valence-corrected chi connectivity index (χ1v) is 13.1. The van der Waals surface area contributed by atoms with Crippen LogP contribution in [-0.4, -0.2) is 36.3 Å². The normalized spacial score (nSPS) is 17.1. The summed E-state index contributed by atoms with van der Waals surface area (Å²) in [4.78, 5) is 17.8. The van der Waals surface area contributed by atoms with Gasteiger partial charge in [-0.15, -0.1) is 11.3 Å². The van der Waals surface area contributed by atoms with Crippen molar-refractivity contribution in [2.24, 2.45) is 18.0 Å². The number of thiazole rings is 1. The molecule has 0 saturated carbocycles. The molecule has 2 aromatic heterocycles. The summed E-state index contributed by atoms with van der Waals surface area (Å²) in [5, 5.41) is 0.653. The van der Waals surface area contributed by atoms with E-state index in [0.717, 1.165) is 27.1 Å². The fourth-order valence-electron chi connectivity index (χ4n) is 3.66. The topological polar surface area (TPSA) is 71.7 Å². The lowest BCUT2D eigenvalue weighted by Gasteiger charge is -2.29. The molecule has 0 unspecified atom stereocenters. The average molecular weight is 504 g/mol. The highest BCUT2D eigenvalue weighted by Crippen LogP contribution is 2.31. The molecule has 4 rings (SSSR count). The molecular weight excluding hydrogens is 485 g/mol. The molecule has 1 amide bonds. The number of sulfonamides is 1. The summed E-state index contributed by atoms with van der Waals surface area (Å²) < 4.78 is 30.4. The second kappa shape index (κ2) is 8.37. The van der Waals surface area contributed by atoms with Gasteiger partial charge in [-0.05, 0) is 49.6 Å². The minimum Gasteiger partial charge on any atom is -0.319 e. The van der Waals surface area contributed by atoms with Gasteiger partial charge in [-0.2, -0.15) is 9.30 Å². The van der Waals surface area contributed by atoms with Gasteiger partial charge >= 0.3 is 0 Å². The third-order valence-corrected chi connectivity index (χ3v) is 10.1. The van der Waals surface area contributed by atoms with E-state index >= 15 is 0 Å². The zero-order valence-corrected chi connectivity index (χ0v) is 20.2. The molecule has 1 aromatic carbocycles. The van der Waals surface area contributed by atoms with Crippen LogP contribution in [0.25, 0.3) is 10.2 Å². The lowest BCUT2D eigenvalue weighted by molar-refractivity contribution is -0.122. The molecule has 11 heteroatoms. The van der Waals surface area contributed by atoms with Gasteiger partial charge < -0.3 is 4.57 Å². The van der Waals surface area contributed by atoms with E-state index in [1.165, 1.54) is 21.7 Å². The number of aromatic nitrogens is 1. The van der Waals surface area contributed by atoms with Crippen molar-refractivity contribution in [3.63, 3.8) is 0 Å². The standard InChI is InChI=1S/C19H19Cl2N3O3S3/c1-11-9-13(20)10-14-17(11)23(2)19(28-14)22-18(25)12-5-7-24(8-6-12)30(26,27)16-4-3-15(21)29-16/h3-4,9-10,12H,5-8H2,1-2H3. The Morgan fingerprint density at radius 1 is 1.17 bits per heavy atom. The lowest BCUT2D eigenvalue weighted by atomic mass is 9.98. The second-order valence-corrected chi connectivity index (χ2v) is 12.5. The monoisotopic (exact) mass is 503 g/mol. The van der Waals surface area contributed by atoms with E-state index in [1.54, 1.807) is 6.07 Å². The molecule has 1 saturated heterocycles. The highest BCUT2D eigenvalue weighted by atomic mass is 35.5. The predicted molar refractivity (Wildman–Crippen MR) is 122 cm³/mol. The fourth-order valence-corrected chi connectivity index (χ4v) is 8.25. The highest BCUT2D eigenvalue weighted by molar-refractivity contribution is 7.91. The Bertz CT molecular complexity index is 1300. The average Bonchev–Trinajstić information content (AvgIpc) is 3.26. The zero-order chi connectivity index (χ0) is 21.6. The number of aryl methyl sites for hydroxylation is 2. The van der Waals surface area contributed by atoms with Gasteiger partial charge in [-0.25, -0.2) is 8.42 Å². The van der Waals surface area contributed by atoms with Crippen LogP contribution in [0.3, 0.4) is 0 Å². The Labute approximate surface area is 192 Å². The summed E-state index contributed by atoms with van der Waals surface area (Å²) in [6.45, 7) is 2.55.